The van der Waals surface area contributed by atoms with Gasteiger partial charge in [0.25, 0.3) is 0 Å². The molecule has 0 unspecified atom stereocenters. The molecule has 0 aliphatic carbocycles. The van der Waals surface area contributed by atoms with Crippen molar-refractivity contribution >= 4 is 17.2 Å². The maximum Gasteiger partial charge on any atom is 0.137 e. The Morgan fingerprint density at radius 2 is 2.33 bits per heavy atom. The number of hydrogen-bond acceptors (Lipinski definition) is 4. The molecule has 0 fully saturated rings. The Hall–Kier alpha value is -0.610. The molecule has 0 atom stereocenters. The van der Waals surface area contributed by atoms with Crippen LogP contribution in [0.25, 0.3) is 0 Å². The summed E-state index contributed by atoms with van der Waals surface area (Å²) in [7, 11) is 1.71. The van der Waals surface area contributed by atoms with Crippen LogP contribution in [0.2, 0.25) is 0 Å². The van der Waals surface area contributed by atoms with E-state index in [1.54, 1.807) is 18.4 Å². The normalized spacial score (nSPS) is 10.5. The first kappa shape index (κ1) is 9.48. The van der Waals surface area contributed by atoms with E-state index in [4.69, 9.17) is 10.5 Å². The lowest BCUT2D eigenvalue weighted by molar-refractivity contribution is 0.195. The lowest BCUT2D eigenvalue weighted by Crippen LogP contribution is -1.92. The number of aryl methyl sites for hydroxylation is 2. The van der Waals surface area contributed by atoms with Gasteiger partial charge in [0.2, 0.25) is 0 Å². The molecule has 0 saturated heterocycles. The van der Waals surface area contributed by atoms with Crippen LogP contribution in [0.5, 0.6) is 0 Å². The molecule has 0 spiro atoms. The molecule has 0 aromatic carbocycles. The Balaban J connectivity index is 2.42. The van der Waals surface area contributed by atoms with Crippen LogP contribution in [0.1, 0.15) is 16.3 Å². The highest BCUT2D eigenvalue weighted by atomic mass is 32.1. The molecule has 3 nitrogen and oxygen atoms in total. The number of hydrogen-bond donors (Lipinski definition) is 1. The number of anilines is 1. The van der Waals surface area contributed by atoms with Crippen molar-refractivity contribution in [1.29, 1.82) is 0 Å². The third-order valence-electron chi connectivity index (χ3n) is 1.62. The maximum atomic E-state index is 5.61. The van der Waals surface area contributed by atoms with Gasteiger partial charge >= 0.3 is 0 Å². The van der Waals surface area contributed by atoms with Gasteiger partial charge in [0.05, 0.1) is 5.01 Å². The van der Waals surface area contributed by atoms with Gasteiger partial charge in [0.15, 0.2) is 0 Å². The van der Waals surface area contributed by atoms with Gasteiger partial charge in [0.1, 0.15) is 5.82 Å². The summed E-state index contributed by atoms with van der Waals surface area (Å²) in [5.74, 6) is 0.674. The summed E-state index contributed by atoms with van der Waals surface area (Å²) in [6.45, 7) is 2.78. The Bertz CT molecular complexity index is 228. The second kappa shape index (κ2) is 4.42. The number of nitrogens with zero attached hydrogens (tertiary/aromatic N) is 1. The first-order valence-electron chi connectivity index (χ1n) is 3.94. The van der Waals surface area contributed by atoms with E-state index in [0.717, 1.165) is 29.3 Å². The highest BCUT2D eigenvalue weighted by Crippen LogP contribution is 2.19. The SMILES string of the molecule is COCCCc1nc(N)c(C)s1. The van der Waals surface area contributed by atoms with E-state index in [0.29, 0.717) is 5.82 Å². The fourth-order valence-electron chi connectivity index (χ4n) is 0.940. The number of ether oxygens (including phenoxy) is 1. The van der Waals surface area contributed by atoms with Crippen molar-refractivity contribution in [3.63, 3.8) is 0 Å². The molecule has 0 aliphatic heterocycles. The maximum absolute atomic E-state index is 5.61. The molecule has 1 heterocycles. The summed E-state index contributed by atoms with van der Waals surface area (Å²) in [5.41, 5.74) is 5.61. The predicted octanol–water partition coefficient (Wildman–Crippen LogP) is 1.61. The fourth-order valence-corrected chi connectivity index (χ4v) is 1.83. The zero-order valence-electron chi connectivity index (χ0n) is 7.46. The molecule has 1 rings (SSSR count). The minimum absolute atomic E-state index is 0.674. The van der Waals surface area contributed by atoms with E-state index in [2.05, 4.69) is 4.98 Å². The molecule has 0 aliphatic rings. The monoisotopic (exact) mass is 186 g/mol. The van der Waals surface area contributed by atoms with Gasteiger partial charge in [-0.05, 0) is 13.3 Å². The molecular formula is C8H14N2OS. The number of methoxy groups -OCH3 is 1. The second-order valence-corrected chi connectivity index (χ2v) is 3.93. The Kier molecular flexibility index (Phi) is 3.49. The summed E-state index contributed by atoms with van der Waals surface area (Å²) in [5, 5.41) is 1.11. The van der Waals surface area contributed by atoms with Crippen molar-refractivity contribution in [3.05, 3.63) is 9.88 Å². The highest BCUT2D eigenvalue weighted by Gasteiger charge is 2.02. The van der Waals surface area contributed by atoms with Crippen LogP contribution in [0, 0.1) is 6.92 Å². The minimum Gasteiger partial charge on any atom is -0.385 e. The van der Waals surface area contributed by atoms with E-state index >= 15 is 0 Å². The van der Waals surface area contributed by atoms with Gasteiger partial charge in [-0.2, -0.15) is 0 Å². The molecule has 1 aromatic rings. The van der Waals surface area contributed by atoms with Gasteiger partial charge in [0, 0.05) is 25.0 Å². The standard InChI is InChI=1S/C8H14N2OS/c1-6-8(9)10-7(12-6)4-3-5-11-2/h3-5,9H2,1-2H3. The number of nitrogens with two attached hydrogens (primary N) is 1. The van der Waals surface area contributed by atoms with Gasteiger partial charge in [-0.1, -0.05) is 0 Å². The average Bonchev–Trinajstić information content (AvgIpc) is 2.32. The molecular weight excluding hydrogens is 172 g/mol. The van der Waals surface area contributed by atoms with Crippen molar-refractivity contribution in [2.24, 2.45) is 0 Å². The van der Waals surface area contributed by atoms with Crippen LogP contribution in [-0.2, 0) is 11.2 Å². The van der Waals surface area contributed by atoms with E-state index in [9.17, 15) is 0 Å². The molecule has 0 saturated carbocycles. The zero-order valence-corrected chi connectivity index (χ0v) is 8.28. The molecule has 68 valence electrons. The van der Waals surface area contributed by atoms with Crippen LogP contribution < -0.4 is 5.73 Å². The lowest BCUT2D eigenvalue weighted by atomic mass is 10.3. The van der Waals surface area contributed by atoms with Crippen molar-refractivity contribution in [2.45, 2.75) is 19.8 Å². The summed E-state index contributed by atoms with van der Waals surface area (Å²) < 4.78 is 4.95. The van der Waals surface area contributed by atoms with Crippen molar-refractivity contribution in [1.82, 2.24) is 4.98 Å². The third-order valence-corrected chi connectivity index (χ3v) is 2.66. The third kappa shape index (κ3) is 2.46. The Morgan fingerprint density at radius 3 is 2.83 bits per heavy atom. The van der Waals surface area contributed by atoms with E-state index < -0.39 is 0 Å². The number of rotatable bonds is 4. The minimum atomic E-state index is 0.674. The summed E-state index contributed by atoms with van der Waals surface area (Å²) in [6, 6.07) is 0. The fraction of sp³-hybridized carbons (Fsp3) is 0.625. The zero-order chi connectivity index (χ0) is 8.97. The molecule has 0 bridgehead atoms. The van der Waals surface area contributed by atoms with Crippen LogP contribution in [-0.4, -0.2) is 18.7 Å². The van der Waals surface area contributed by atoms with Gasteiger partial charge in [-0.25, -0.2) is 4.98 Å². The summed E-state index contributed by atoms with van der Waals surface area (Å²) >= 11 is 1.67. The Morgan fingerprint density at radius 1 is 1.58 bits per heavy atom. The van der Waals surface area contributed by atoms with E-state index in [-0.39, 0.29) is 0 Å². The van der Waals surface area contributed by atoms with Gasteiger partial charge in [-0.15, -0.1) is 11.3 Å². The van der Waals surface area contributed by atoms with E-state index in [1.165, 1.54) is 0 Å². The molecule has 1 aromatic heterocycles. The topological polar surface area (TPSA) is 48.1 Å². The summed E-state index contributed by atoms with van der Waals surface area (Å²) in [4.78, 5) is 5.34. The molecule has 0 amide bonds. The Labute approximate surface area is 76.6 Å². The van der Waals surface area contributed by atoms with Crippen molar-refractivity contribution in [3.8, 4) is 0 Å². The van der Waals surface area contributed by atoms with Gasteiger partial charge < -0.3 is 10.5 Å². The molecule has 2 N–H and O–H groups in total. The van der Waals surface area contributed by atoms with Crippen molar-refractivity contribution < 1.29 is 4.74 Å². The van der Waals surface area contributed by atoms with Crippen LogP contribution >= 0.6 is 11.3 Å². The number of nitrogen functional groups attached to an aromatic ring is 1. The molecule has 0 radical (unpaired) electrons. The lowest BCUT2D eigenvalue weighted by Gasteiger charge is -1.94. The van der Waals surface area contributed by atoms with Crippen LogP contribution in [0.4, 0.5) is 5.82 Å². The highest BCUT2D eigenvalue weighted by molar-refractivity contribution is 7.12. The first-order chi connectivity index (χ1) is 5.74. The van der Waals surface area contributed by atoms with Gasteiger partial charge in [-0.3, -0.25) is 0 Å². The molecule has 12 heavy (non-hydrogen) atoms. The smallest absolute Gasteiger partial charge is 0.137 e. The number of thiazole rings is 1. The van der Waals surface area contributed by atoms with Crippen LogP contribution in [0.3, 0.4) is 0 Å². The predicted molar refractivity (Wildman–Crippen MR) is 51.5 cm³/mol. The number of aromatic nitrogens is 1. The summed E-state index contributed by atoms with van der Waals surface area (Å²) in [6.07, 6.45) is 1.99. The largest absolute Gasteiger partial charge is 0.385 e. The second-order valence-electron chi connectivity index (χ2n) is 2.65. The molecule has 4 heteroatoms. The van der Waals surface area contributed by atoms with Crippen LogP contribution in [0.15, 0.2) is 0 Å². The van der Waals surface area contributed by atoms with Crippen molar-refractivity contribution in [2.75, 3.05) is 19.5 Å². The quantitative estimate of drug-likeness (QED) is 0.727. The average molecular weight is 186 g/mol. The van der Waals surface area contributed by atoms with E-state index in [1.807, 2.05) is 6.92 Å². The first-order valence-corrected chi connectivity index (χ1v) is 4.76.